The second-order valence-corrected chi connectivity index (χ2v) is 7.76. The largest absolute Gasteiger partial charge is 0.348 e. The Bertz CT molecular complexity index is 1540. The third kappa shape index (κ3) is 3.63. The number of benzene rings is 3. The van der Waals surface area contributed by atoms with Crippen LogP contribution < -0.4 is 10.9 Å². The first-order valence-electron chi connectivity index (χ1n) is 9.82. The van der Waals surface area contributed by atoms with Crippen LogP contribution in [0.2, 0.25) is 5.02 Å². The first-order chi connectivity index (χ1) is 15.5. The minimum Gasteiger partial charge on any atom is -0.348 e. The van der Waals surface area contributed by atoms with Crippen molar-refractivity contribution in [3.05, 3.63) is 105 Å². The van der Waals surface area contributed by atoms with Crippen LogP contribution in [0.25, 0.3) is 27.5 Å². The van der Waals surface area contributed by atoms with Crippen LogP contribution in [0.3, 0.4) is 0 Å². The normalized spacial score (nSPS) is 11.2. The van der Waals surface area contributed by atoms with Gasteiger partial charge >= 0.3 is 0 Å². The van der Waals surface area contributed by atoms with Gasteiger partial charge in [0.25, 0.3) is 11.5 Å². The number of aromatic amines is 1. The number of pyridine rings is 1. The molecule has 2 aromatic heterocycles. The van der Waals surface area contributed by atoms with Crippen molar-refractivity contribution in [2.75, 3.05) is 0 Å². The number of hydrogen-bond acceptors (Lipinski definition) is 3. The van der Waals surface area contributed by atoms with Crippen molar-refractivity contribution in [1.29, 1.82) is 0 Å². The second kappa shape index (κ2) is 7.94. The van der Waals surface area contributed by atoms with Crippen LogP contribution in [0.5, 0.6) is 0 Å². The highest BCUT2D eigenvalue weighted by molar-refractivity contribution is 6.30. The first kappa shape index (κ1) is 20.0. The van der Waals surface area contributed by atoms with Gasteiger partial charge in [0.1, 0.15) is 5.82 Å². The number of carbonyl (C=O) groups is 1. The van der Waals surface area contributed by atoms with E-state index in [1.54, 1.807) is 30.3 Å². The molecule has 0 bridgehead atoms. The van der Waals surface area contributed by atoms with E-state index in [0.29, 0.717) is 44.6 Å². The molecule has 8 heteroatoms. The number of halogens is 2. The van der Waals surface area contributed by atoms with Crippen molar-refractivity contribution < 1.29 is 9.18 Å². The Hall–Kier alpha value is -3.97. The molecule has 0 fully saturated rings. The fraction of sp³-hybridized carbons (Fsp3) is 0.0417. The number of nitrogens with one attached hydrogen (secondary N) is 2. The lowest BCUT2D eigenvalue weighted by Gasteiger charge is -2.07. The van der Waals surface area contributed by atoms with E-state index in [-0.39, 0.29) is 11.5 Å². The van der Waals surface area contributed by atoms with Crippen molar-refractivity contribution in [3.63, 3.8) is 0 Å². The Balaban J connectivity index is 1.52. The number of carbonyl (C=O) groups excluding carboxylic acids is 1. The number of rotatable bonds is 4. The Morgan fingerprint density at radius 3 is 2.66 bits per heavy atom. The summed E-state index contributed by atoms with van der Waals surface area (Å²) in [6.07, 6.45) is 1.50. The number of H-pyrrole nitrogens is 1. The third-order valence-electron chi connectivity index (χ3n) is 5.21. The van der Waals surface area contributed by atoms with Crippen molar-refractivity contribution >= 4 is 39.3 Å². The Morgan fingerprint density at radius 1 is 1.06 bits per heavy atom. The van der Waals surface area contributed by atoms with E-state index in [0.717, 1.165) is 5.56 Å². The van der Waals surface area contributed by atoms with Gasteiger partial charge in [0, 0.05) is 28.7 Å². The first-order valence-corrected chi connectivity index (χ1v) is 10.2. The molecule has 0 atom stereocenters. The van der Waals surface area contributed by atoms with Crippen LogP contribution in [0, 0.1) is 5.82 Å². The maximum absolute atomic E-state index is 13.3. The molecule has 0 saturated heterocycles. The van der Waals surface area contributed by atoms with Crippen LogP contribution in [-0.4, -0.2) is 20.7 Å². The molecule has 3 aromatic carbocycles. The van der Waals surface area contributed by atoms with Gasteiger partial charge in [-0.2, -0.15) is 0 Å². The van der Waals surface area contributed by atoms with Gasteiger partial charge in [0.2, 0.25) is 0 Å². The molecule has 2 N–H and O–H groups in total. The predicted molar refractivity (Wildman–Crippen MR) is 122 cm³/mol. The number of aromatic nitrogens is 3. The fourth-order valence-electron chi connectivity index (χ4n) is 3.60. The van der Waals surface area contributed by atoms with Gasteiger partial charge in [-0.25, -0.2) is 9.07 Å². The van der Waals surface area contributed by atoms with Crippen LogP contribution in [0.1, 0.15) is 15.9 Å². The van der Waals surface area contributed by atoms with Crippen molar-refractivity contribution in [3.8, 4) is 5.69 Å². The molecule has 0 saturated carbocycles. The highest BCUT2D eigenvalue weighted by Crippen LogP contribution is 2.22. The molecular formula is C24H16ClFN4O2. The fourth-order valence-corrected chi connectivity index (χ4v) is 3.82. The van der Waals surface area contributed by atoms with Gasteiger partial charge in [-0.3, -0.25) is 19.7 Å². The Kier molecular flexibility index (Phi) is 4.95. The van der Waals surface area contributed by atoms with Crippen LogP contribution in [-0.2, 0) is 6.54 Å². The zero-order valence-corrected chi connectivity index (χ0v) is 17.4. The zero-order chi connectivity index (χ0) is 22.2. The summed E-state index contributed by atoms with van der Waals surface area (Å²) >= 11 is 6.00. The van der Waals surface area contributed by atoms with Gasteiger partial charge in [-0.1, -0.05) is 23.7 Å². The molecule has 0 aliphatic carbocycles. The zero-order valence-electron chi connectivity index (χ0n) is 16.6. The average Bonchev–Trinajstić information content (AvgIpc) is 3.14. The average molecular weight is 447 g/mol. The Labute approximate surface area is 186 Å². The second-order valence-electron chi connectivity index (χ2n) is 7.32. The molecule has 0 aliphatic heterocycles. The number of hydrogen-bond donors (Lipinski definition) is 2. The number of fused-ring (bicyclic) bond motifs is 3. The molecule has 6 nitrogen and oxygen atoms in total. The summed E-state index contributed by atoms with van der Waals surface area (Å²) in [5, 5.41) is 7.55. The maximum atomic E-state index is 13.3. The minimum atomic E-state index is -0.390. The van der Waals surface area contributed by atoms with Crippen molar-refractivity contribution in [1.82, 2.24) is 20.1 Å². The van der Waals surface area contributed by atoms with Crippen molar-refractivity contribution in [2.45, 2.75) is 6.54 Å². The van der Waals surface area contributed by atoms with Gasteiger partial charge in [-0.15, -0.1) is 0 Å². The summed E-state index contributed by atoms with van der Waals surface area (Å²) in [7, 11) is 0. The lowest BCUT2D eigenvalue weighted by atomic mass is 10.1. The molecule has 0 aliphatic rings. The summed E-state index contributed by atoms with van der Waals surface area (Å²) in [6, 6.07) is 18.0. The molecule has 158 valence electrons. The molecule has 1 amide bonds. The topological polar surface area (TPSA) is 79.8 Å². The molecule has 0 radical (unpaired) electrons. The lowest BCUT2D eigenvalue weighted by Crippen LogP contribution is -2.22. The van der Waals surface area contributed by atoms with E-state index in [2.05, 4.69) is 15.4 Å². The van der Waals surface area contributed by atoms with Crippen molar-refractivity contribution in [2.24, 2.45) is 0 Å². The van der Waals surface area contributed by atoms with Gasteiger partial charge in [-0.05, 0) is 60.2 Å². The standard InChI is InChI=1S/C24H16ClFN4O2/c25-16-3-1-2-14(10-16)12-28-23(31)15-4-9-21-19(11-15)22-20(13-27-21)24(32)30(29-22)18-7-5-17(26)6-8-18/h1-11,13,29H,12H2,(H,28,31). The summed E-state index contributed by atoms with van der Waals surface area (Å²) in [5.74, 6) is -0.650. The summed E-state index contributed by atoms with van der Waals surface area (Å²) in [6.45, 7) is 0.331. The SMILES string of the molecule is O=C(NCc1cccc(Cl)c1)c1ccc2ncc3c(=O)n(-c4ccc(F)cc4)[nH]c3c2c1. The number of amides is 1. The van der Waals surface area contributed by atoms with E-state index in [1.165, 1.54) is 35.1 Å². The van der Waals surface area contributed by atoms with Crippen LogP contribution in [0.4, 0.5) is 4.39 Å². The van der Waals surface area contributed by atoms with Gasteiger partial charge in [0.05, 0.1) is 22.1 Å². The molecular weight excluding hydrogens is 431 g/mol. The molecule has 0 unspecified atom stereocenters. The maximum Gasteiger partial charge on any atom is 0.280 e. The molecule has 5 rings (SSSR count). The minimum absolute atomic E-state index is 0.260. The smallest absolute Gasteiger partial charge is 0.280 e. The summed E-state index contributed by atoms with van der Waals surface area (Å²) in [4.78, 5) is 30.0. The lowest BCUT2D eigenvalue weighted by molar-refractivity contribution is 0.0951. The Morgan fingerprint density at radius 2 is 1.88 bits per heavy atom. The van der Waals surface area contributed by atoms with Crippen LogP contribution >= 0.6 is 11.6 Å². The van der Waals surface area contributed by atoms with E-state index >= 15 is 0 Å². The van der Waals surface area contributed by atoms with Gasteiger partial charge < -0.3 is 5.32 Å². The quantitative estimate of drug-likeness (QED) is 0.424. The molecule has 0 spiro atoms. The highest BCUT2D eigenvalue weighted by Gasteiger charge is 2.14. The molecule has 32 heavy (non-hydrogen) atoms. The highest BCUT2D eigenvalue weighted by atomic mass is 35.5. The number of nitrogens with zero attached hydrogens (tertiary/aromatic N) is 2. The van der Waals surface area contributed by atoms with E-state index < -0.39 is 5.82 Å². The van der Waals surface area contributed by atoms with E-state index in [9.17, 15) is 14.0 Å². The van der Waals surface area contributed by atoms with Crippen LogP contribution in [0.15, 0.2) is 77.7 Å². The predicted octanol–water partition coefficient (Wildman–Crippen LogP) is 4.59. The summed E-state index contributed by atoms with van der Waals surface area (Å²) in [5.41, 5.74) is 2.69. The third-order valence-corrected chi connectivity index (χ3v) is 5.45. The van der Waals surface area contributed by atoms with E-state index in [1.807, 2.05) is 12.1 Å². The summed E-state index contributed by atoms with van der Waals surface area (Å²) < 4.78 is 14.6. The molecule has 2 heterocycles. The van der Waals surface area contributed by atoms with Gasteiger partial charge in [0.15, 0.2) is 0 Å². The monoisotopic (exact) mass is 446 g/mol. The van der Waals surface area contributed by atoms with E-state index in [4.69, 9.17) is 11.6 Å². The molecule has 5 aromatic rings.